The number of halogens is 1. The number of rotatable bonds is 6. The summed E-state index contributed by atoms with van der Waals surface area (Å²) in [5, 5.41) is 11.5. The van der Waals surface area contributed by atoms with Gasteiger partial charge in [0, 0.05) is 36.9 Å². The molecular weight excluding hydrogens is 364 g/mol. The molecule has 1 aromatic carbocycles. The zero-order valence-electron chi connectivity index (χ0n) is 15.3. The number of aliphatic hydroxyl groups is 1. The molecule has 1 aromatic heterocycles. The highest BCUT2D eigenvalue weighted by Crippen LogP contribution is 2.25. The summed E-state index contributed by atoms with van der Waals surface area (Å²) in [6.07, 6.45) is 6.54. The molecule has 0 spiro atoms. The number of likely N-dealkylation sites (tertiary alicyclic amines) is 1. The van der Waals surface area contributed by atoms with Gasteiger partial charge in [-0.1, -0.05) is 23.7 Å². The van der Waals surface area contributed by atoms with Crippen molar-refractivity contribution in [2.75, 3.05) is 19.7 Å². The van der Waals surface area contributed by atoms with Crippen molar-refractivity contribution in [3.05, 3.63) is 59.4 Å². The van der Waals surface area contributed by atoms with Gasteiger partial charge in [-0.25, -0.2) is 0 Å². The molecule has 1 aliphatic heterocycles. The summed E-state index contributed by atoms with van der Waals surface area (Å²) in [5.74, 6) is 0.767. The quantitative estimate of drug-likeness (QED) is 0.822. The lowest BCUT2D eigenvalue weighted by molar-refractivity contribution is -0.131. The highest BCUT2D eigenvalue weighted by Gasteiger charge is 2.32. The average molecular weight is 389 g/mol. The summed E-state index contributed by atoms with van der Waals surface area (Å²) >= 11 is 5.96. The van der Waals surface area contributed by atoms with Crippen molar-refractivity contribution in [3.63, 3.8) is 0 Å². The monoisotopic (exact) mass is 388 g/mol. The van der Waals surface area contributed by atoms with Crippen LogP contribution in [0.15, 0.2) is 48.8 Å². The number of pyridine rings is 1. The van der Waals surface area contributed by atoms with Crippen LogP contribution in [0.25, 0.3) is 0 Å². The van der Waals surface area contributed by atoms with Crippen LogP contribution in [-0.4, -0.2) is 46.2 Å². The zero-order valence-corrected chi connectivity index (χ0v) is 16.1. The zero-order chi connectivity index (χ0) is 19.1. The maximum absolute atomic E-state index is 12.5. The summed E-state index contributed by atoms with van der Waals surface area (Å²) in [7, 11) is 0. The highest BCUT2D eigenvalue weighted by molar-refractivity contribution is 6.30. The number of benzene rings is 1. The van der Waals surface area contributed by atoms with Gasteiger partial charge in [0.05, 0.1) is 0 Å². The summed E-state index contributed by atoms with van der Waals surface area (Å²) in [4.78, 5) is 18.5. The molecule has 144 valence electrons. The van der Waals surface area contributed by atoms with Gasteiger partial charge in [0.25, 0.3) is 0 Å². The maximum atomic E-state index is 12.5. The molecule has 1 atom stereocenters. The largest absolute Gasteiger partial charge is 0.491 e. The minimum absolute atomic E-state index is 0.124. The Balaban J connectivity index is 1.49. The lowest BCUT2D eigenvalue weighted by Crippen LogP contribution is -2.38. The number of hydrogen-bond donors (Lipinski definition) is 1. The predicted molar refractivity (Wildman–Crippen MR) is 105 cm³/mol. The fourth-order valence-electron chi connectivity index (χ4n) is 3.30. The number of amides is 1. The molecule has 2 heterocycles. The van der Waals surface area contributed by atoms with E-state index in [1.54, 1.807) is 24.5 Å². The van der Waals surface area contributed by atoms with E-state index in [-0.39, 0.29) is 12.5 Å². The number of nitrogens with zero attached hydrogens (tertiary/aromatic N) is 2. The van der Waals surface area contributed by atoms with Crippen LogP contribution in [0.1, 0.15) is 31.2 Å². The van der Waals surface area contributed by atoms with Gasteiger partial charge in [-0.05, 0) is 55.5 Å². The smallest absolute Gasteiger partial charge is 0.222 e. The van der Waals surface area contributed by atoms with Crippen LogP contribution in [0.2, 0.25) is 5.02 Å². The van der Waals surface area contributed by atoms with Gasteiger partial charge in [0.1, 0.15) is 18.0 Å². The molecule has 0 saturated carbocycles. The molecule has 0 radical (unpaired) electrons. The molecule has 2 aromatic rings. The van der Waals surface area contributed by atoms with Crippen molar-refractivity contribution in [3.8, 4) is 5.75 Å². The number of aromatic nitrogens is 1. The second-order valence-corrected chi connectivity index (χ2v) is 7.50. The molecule has 1 fully saturated rings. The van der Waals surface area contributed by atoms with E-state index in [1.165, 1.54) is 0 Å². The Labute approximate surface area is 164 Å². The van der Waals surface area contributed by atoms with Crippen molar-refractivity contribution in [1.82, 2.24) is 9.88 Å². The van der Waals surface area contributed by atoms with Crippen molar-refractivity contribution in [2.45, 2.75) is 37.7 Å². The fraction of sp³-hybridized carbons (Fsp3) is 0.429. The number of ether oxygens (including phenoxy) is 1. The minimum Gasteiger partial charge on any atom is -0.491 e. The van der Waals surface area contributed by atoms with Crippen LogP contribution >= 0.6 is 11.6 Å². The maximum Gasteiger partial charge on any atom is 0.222 e. The Kier molecular flexibility index (Phi) is 6.69. The first-order valence-electron chi connectivity index (χ1n) is 9.32. The molecule has 1 amide bonds. The number of carbonyl (C=O) groups is 1. The molecule has 27 heavy (non-hydrogen) atoms. The van der Waals surface area contributed by atoms with E-state index in [2.05, 4.69) is 4.98 Å². The van der Waals surface area contributed by atoms with Crippen molar-refractivity contribution < 1.29 is 14.6 Å². The van der Waals surface area contributed by atoms with Crippen molar-refractivity contribution >= 4 is 17.5 Å². The Bertz CT molecular complexity index is 756. The van der Waals surface area contributed by atoms with E-state index in [1.807, 2.05) is 29.2 Å². The van der Waals surface area contributed by atoms with Crippen LogP contribution in [0.4, 0.5) is 0 Å². The van der Waals surface area contributed by atoms with Crippen LogP contribution in [0, 0.1) is 0 Å². The van der Waals surface area contributed by atoms with Crippen molar-refractivity contribution in [1.29, 1.82) is 0 Å². The molecule has 3 rings (SSSR count). The third-order valence-electron chi connectivity index (χ3n) is 4.92. The van der Waals surface area contributed by atoms with E-state index in [4.69, 9.17) is 16.3 Å². The molecule has 5 nitrogen and oxygen atoms in total. The average Bonchev–Trinajstić information content (AvgIpc) is 2.88. The normalized spacial score (nSPS) is 20.1. The van der Waals surface area contributed by atoms with Crippen molar-refractivity contribution in [2.24, 2.45) is 0 Å². The van der Waals surface area contributed by atoms with E-state index >= 15 is 0 Å². The Morgan fingerprint density at radius 3 is 2.93 bits per heavy atom. The SMILES string of the molecule is O=C(CCc1cccnc1)N1CCCC(O)(COc2cccc(Cl)c2)CC1. The number of carbonyl (C=O) groups excluding carboxylic acids is 1. The van der Waals surface area contributed by atoms with Gasteiger partial charge < -0.3 is 14.7 Å². The molecular formula is C21H25ClN2O3. The second kappa shape index (κ2) is 9.20. The topological polar surface area (TPSA) is 62.7 Å². The summed E-state index contributed by atoms with van der Waals surface area (Å²) in [5.41, 5.74) is 0.132. The highest BCUT2D eigenvalue weighted by atomic mass is 35.5. The minimum atomic E-state index is -0.930. The molecule has 0 aliphatic carbocycles. The molecule has 6 heteroatoms. The van der Waals surface area contributed by atoms with Gasteiger partial charge in [-0.15, -0.1) is 0 Å². The van der Waals surface area contributed by atoms with E-state index in [0.717, 1.165) is 12.0 Å². The fourth-order valence-corrected chi connectivity index (χ4v) is 3.48. The standard InChI is InChI=1S/C21H25ClN2O3/c22-18-5-1-6-19(14-18)27-16-21(26)9-3-12-24(13-10-21)20(25)8-7-17-4-2-11-23-15-17/h1-2,4-6,11,14-15,26H,3,7-10,12-13,16H2. The molecule has 1 unspecified atom stereocenters. The molecule has 1 saturated heterocycles. The molecule has 1 aliphatic rings. The molecule has 1 N–H and O–H groups in total. The van der Waals surface area contributed by atoms with Crippen LogP contribution in [0.3, 0.4) is 0 Å². The van der Waals surface area contributed by atoms with E-state index in [0.29, 0.717) is 49.5 Å². The third kappa shape index (κ3) is 5.94. The first kappa shape index (κ1) is 19.6. The lowest BCUT2D eigenvalue weighted by atomic mass is 9.96. The number of aryl methyl sites for hydroxylation is 1. The van der Waals surface area contributed by atoms with E-state index < -0.39 is 5.60 Å². The van der Waals surface area contributed by atoms with Gasteiger partial charge in [-0.2, -0.15) is 0 Å². The van der Waals surface area contributed by atoms with Gasteiger partial charge in [0.15, 0.2) is 0 Å². The number of hydrogen-bond acceptors (Lipinski definition) is 4. The summed E-state index contributed by atoms with van der Waals surface area (Å²) in [6, 6.07) is 11.0. The first-order chi connectivity index (χ1) is 13.0. The third-order valence-corrected chi connectivity index (χ3v) is 5.16. The van der Waals surface area contributed by atoms with Crippen LogP contribution in [0.5, 0.6) is 5.75 Å². The van der Waals surface area contributed by atoms with Crippen LogP contribution in [-0.2, 0) is 11.2 Å². The lowest BCUT2D eigenvalue weighted by Gasteiger charge is -2.27. The first-order valence-corrected chi connectivity index (χ1v) is 9.69. The van der Waals surface area contributed by atoms with Gasteiger partial charge in [0.2, 0.25) is 5.91 Å². The Morgan fingerprint density at radius 2 is 2.15 bits per heavy atom. The summed E-state index contributed by atoms with van der Waals surface area (Å²) in [6.45, 7) is 1.41. The van der Waals surface area contributed by atoms with Crippen LogP contribution < -0.4 is 4.74 Å². The van der Waals surface area contributed by atoms with E-state index in [9.17, 15) is 9.90 Å². The Morgan fingerprint density at radius 1 is 1.26 bits per heavy atom. The van der Waals surface area contributed by atoms with Gasteiger partial charge in [-0.3, -0.25) is 9.78 Å². The molecule has 0 bridgehead atoms. The van der Waals surface area contributed by atoms with Gasteiger partial charge >= 0.3 is 0 Å². The summed E-state index contributed by atoms with van der Waals surface area (Å²) < 4.78 is 5.74. The Hall–Kier alpha value is -2.11. The second-order valence-electron chi connectivity index (χ2n) is 7.07. The predicted octanol–water partition coefficient (Wildman–Crippen LogP) is 3.49.